The fraction of sp³-hybridized carbons (Fsp3) is 0.400. The van der Waals surface area contributed by atoms with Gasteiger partial charge in [-0.2, -0.15) is 0 Å². The van der Waals surface area contributed by atoms with Gasteiger partial charge in [0.05, 0.1) is 0 Å². The molecule has 0 aromatic heterocycles. The van der Waals surface area contributed by atoms with Gasteiger partial charge in [0.15, 0.2) is 0 Å². The van der Waals surface area contributed by atoms with E-state index in [9.17, 15) is 4.79 Å². The minimum absolute atomic E-state index is 0.0409. The van der Waals surface area contributed by atoms with Gasteiger partial charge in [0.1, 0.15) is 0 Å². The summed E-state index contributed by atoms with van der Waals surface area (Å²) in [5, 5.41) is 0. The van der Waals surface area contributed by atoms with Crippen molar-refractivity contribution >= 4 is 5.91 Å². The molecule has 4 atom stereocenters. The second-order valence-corrected chi connectivity index (χ2v) is 11.6. The Morgan fingerprint density at radius 2 is 1.32 bits per heavy atom. The number of benzene rings is 3. The molecule has 3 nitrogen and oxygen atoms in total. The van der Waals surface area contributed by atoms with Gasteiger partial charge in [0.2, 0.25) is 5.91 Å². The van der Waals surface area contributed by atoms with Crippen LogP contribution in [0.2, 0.25) is 0 Å². The SMILES string of the molecule is O=C([C@@H]1CCC=C[C@@H]1c1ccccc1)N1C[C@H](CN2CCC(c3ccccc3)CC2)[C@@H](c2ccccc2)C1. The number of carbonyl (C=O) groups is 1. The van der Waals surface area contributed by atoms with Gasteiger partial charge in [-0.1, -0.05) is 103 Å². The fourth-order valence-electron chi connectivity index (χ4n) is 7.18. The number of allylic oxidation sites excluding steroid dienone is 2. The van der Waals surface area contributed by atoms with E-state index in [2.05, 4.69) is 113 Å². The van der Waals surface area contributed by atoms with Crippen LogP contribution in [0.4, 0.5) is 0 Å². The smallest absolute Gasteiger partial charge is 0.226 e. The predicted octanol–water partition coefficient (Wildman–Crippen LogP) is 6.86. The quantitative estimate of drug-likeness (QED) is 0.343. The average Bonchev–Trinajstić information content (AvgIpc) is 3.42. The number of piperidine rings is 1. The molecule has 0 radical (unpaired) electrons. The van der Waals surface area contributed by atoms with E-state index in [-0.39, 0.29) is 11.8 Å². The molecule has 0 spiro atoms. The monoisotopic (exact) mass is 504 g/mol. The summed E-state index contributed by atoms with van der Waals surface area (Å²) in [6.07, 6.45) is 8.93. The molecule has 1 amide bonds. The molecule has 0 saturated carbocycles. The van der Waals surface area contributed by atoms with E-state index in [4.69, 9.17) is 0 Å². The first-order valence-electron chi connectivity index (χ1n) is 14.6. The second kappa shape index (κ2) is 11.7. The first-order chi connectivity index (χ1) is 18.8. The highest BCUT2D eigenvalue weighted by Crippen LogP contribution is 2.39. The van der Waals surface area contributed by atoms with E-state index >= 15 is 0 Å². The third kappa shape index (κ3) is 5.49. The number of hydrogen-bond acceptors (Lipinski definition) is 2. The molecule has 1 aliphatic carbocycles. The van der Waals surface area contributed by atoms with Crippen LogP contribution in [0.3, 0.4) is 0 Å². The van der Waals surface area contributed by atoms with E-state index in [1.54, 1.807) is 0 Å². The van der Waals surface area contributed by atoms with Crippen LogP contribution in [0.5, 0.6) is 0 Å². The van der Waals surface area contributed by atoms with Gasteiger partial charge in [-0.25, -0.2) is 0 Å². The highest BCUT2D eigenvalue weighted by Gasteiger charge is 2.41. The summed E-state index contributed by atoms with van der Waals surface area (Å²) < 4.78 is 0. The Labute approximate surface area is 228 Å². The third-order valence-electron chi connectivity index (χ3n) is 9.25. The summed E-state index contributed by atoms with van der Waals surface area (Å²) in [6, 6.07) is 32.6. The Bertz CT molecular complexity index is 1200. The predicted molar refractivity (Wildman–Crippen MR) is 155 cm³/mol. The van der Waals surface area contributed by atoms with Crippen molar-refractivity contribution in [3.05, 3.63) is 120 Å². The maximum atomic E-state index is 14.1. The van der Waals surface area contributed by atoms with Crippen molar-refractivity contribution in [3.63, 3.8) is 0 Å². The van der Waals surface area contributed by atoms with Crippen molar-refractivity contribution in [2.75, 3.05) is 32.7 Å². The molecule has 2 aliphatic heterocycles. The maximum Gasteiger partial charge on any atom is 0.226 e. The zero-order chi connectivity index (χ0) is 25.7. The van der Waals surface area contributed by atoms with E-state index in [0.29, 0.717) is 23.7 Å². The molecule has 0 unspecified atom stereocenters. The van der Waals surface area contributed by atoms with Gasteiger partial charge in [0, 0.05) is 37.4 Å². The molecule has 0 N–H and O–H groups in total. The zero-order valence-corrected chi connectivity index (χ0v) is 22.4. The Kier molecular flexibility index (Phi) is 7.74. The van der Waals surface area contributed by atoms with Crippen LogP contribution in [0, 0.1) is 11.8 Å². The van der Waals surface area contributed by atoms with E-state index in [1.165, 1.54) is 29.5 Å². The highest BCUT2D eigenvalue weighted by atomic mass is 16.2. The zero-order valence-electron chi connectivity index (χ0n) is 22.4. The van der Waals surface area contributed by atoms with E-state index in [0.717, 1.165) is 45.6 Å². The third-order valence-corrected chi connectivity index (χ3v) is 9.25. The summed E-state index contributed by atoms with van der Waals surface area (Å²) in [5.41, 5.74) is 4.13. The summed E-state index contributed by atoms with van der Waals surface area (Å²) in [5.74, 6) is 2.14. The van der Waals surface area contributed by atoms with Crippen molar-refractivity contribution < 1.29 is 4.79 Å². The molecule has 3 heteroatoms. The molecule has 38 heavy (non-hydrogen) atoms. The first-order valence-corrected chi connectivity index (χ1v) is 14.6. The number of rotatable bonds is 6. The Balaban J connectivity index is 1.16. The Morgan fingerprint density at radius 3 is 1.97 bits per heavy atom. The molecule has 0 bridgehead atoms. The molecular weight excluding hydrogens is 464 g/mol. The van der Waals surface area contributed by atoms with Gasteiger partial charge in [-0.15, -0.1) is 0 Å². The summed E-state index contributed by atoms with van der Waals surface area (Å²) in [7, 11) is 0. The van der Waals surface area contributed by atoms with Crippen LogP contribution >= 0.6 is 0 Å². The number of nitrogens with zero attached hydrogens (tertiary/aromatic N) is 2. The standard InChI is InChI=1S/C35H40N2O/c38-35(33-19-11-10-18-32(33)29-14-6-2-7-15-29)37-25-31(34(26-37)30-16-8-3-9-17-30)24-36-22-20-28(21-23-36)27-12-4-1-5-13-27/h1-10,12-18,28,31-34H,11,19-26H2/t31-,32+,33+,34+/m0/s1. The minimum atomic E-state index is 0.0409. The van der Waals surface area contributed by atoms with Crippen molar-refractivity contribution in [2.24, 2.45) is 11.8 Å². The number of likely N-dealkylation sites (tertiary alicyclic amines) is 2. The lowest BCUT2D eigenvalue weighted by atomic mass is 9.79. The minimum Gasteiger partial charge on any atom is -0.341 e. The normalized spacial score (nSPS) is 26.5. The lowest BCUT2D eigenvalue weighted by Crippen LogP contribution is -2.40. The van der Waals surface area contributed by atoms with Crippen molar-refractivity contribution in [2.45, 2.75) is 43.4 Å². The molecule has 2 saturated heterocycles. The maximum absolute atomic E-state index is 14.1. The number of hydrogen-bond donors (Lipinski definition) is 0. The molecule has 3 aromatic carbocycles. The Hall–Kier alpha value is -3.17. The van der Waals surface area contributed by atoms with Gasteiger partial charge in [0.25, 0.3) is 0 Å². The van der Waals surface area contributed by atoms with E-state index < -0.39 is 0 Å². The van der Waals surface area contributed by atoms with Crippen molar-refractivity contribution in [1.29, 1.82) is 0 Å². The van der Waals surface area contributed by atoms with Crippen LogP contribution < -0.4 is 0 Å². The van der Waals surface area contributed by atoms with Gasteiger partial charge in [-0.3, -0.25) is 4.79 Å². The van der Waals surface area contributed by atoms with Crippen LogP contribution in [0.1, 0.15) is 60.1 Å². The summed E-state index contributed by atoms with van der Waals surface area (Å²) in [4.78, 5) is 19.0. The fourth-order valence-corrected chi connectivity index (χ4v) is 7.18. The van der Waals surface area contributed by atoms with Crippen LogP contribution in [0.15, 0.2) is 103 Å². The molecular formula is C35H40N2O. The van der Waals surface area contributed by atoms with E-state index in [1.807, 2.05) is 0 Å². The lowest BCUT2D eigenvalue weighted by molar-refractivity contribution is -0.135. The molecule has 196 valence electrons. The lowest BCUT2D eigenvalue weighted by Gasteiger charge is -2.35. The average molecular weight is 505 g/mol. The molecule has 2 heterocycles. The van der Waals surface area contributed by atoms with Crippen LogP contribution in [-0.2, 0) is 4.79 Å². The molecule has 3 aliphatic rings. The van der Waals surface area contributed by atoms with Gasteiger partial charge < -0.3 is 9.80 Å². The van der Waals surface area contributed by atoms with Crippen LogP contribution in [0.25, 0.3) is 0 Å². The molecule has 6 rings (SSSR count). The highest BCUT2D eigenvalue weighted by molar-refractivity contribution is 5.81. The largest absolute Gasteiger partial charge is 0.341 e. The van der Waals surface area contributed by atoms with Crippen molar-refractivity contribution in [3.8, 4) is 0 Å². The number of carbonyl (C=O) groups excluding carboxylic acids is 1. The number of amides is 1. The molecule has 3 aromatic rings. The first kappa shape index (κ1) is 25.1. The van der Waals surface area contributed by atoms with Gasteiger partial charge >= 0.3 is 0 Å². The topological polar surface area (TPSA) is 23.6 Å². The Morgan fingerprint density at radius 1 is 0.711 bits per heavy atom. The molecule has 2 fully saturated rings. The summed E-state index contributed by atoms with van der Waals surface area (Å²) >= 11 is 0. The van der Waals surface area contributed by atoms with Gasteiger partial charge in [-0.05, 0) is 67.3 Å². The van der Waals surface area contributed by atoms with Crippen molar-refractivity contribution in [1.82, 2.24) is 9.80 Å². The van der Waals surface area contributed by atoms with Crippen LogP contribution in [-0.4, -0.2) is 48.4 Å². The second-order valence-electron chi connectivity index (χ2n) is 11.6. The summed E-state index contributed by atoms with van der Waals surface area (Å²) in [6.45, 7) is 5.09.